The Morgan fingerprint density at radius 3 is 1.19 bits per heavy atom. The lowest BCUT2D eigenvalue weighted by Crippen LogP contribution is -3.00. The van der Waals surface area contributed by atoms with E-state index in [1.807, 2.05) is 0 Å². The highest BCUT2D eigenvalue weighted by Crippen LogP contribution is 2.60. The summed E-state index contributed by atoms with van der Waals surface area (Å²) in [7, 11) is -0.529. The largest absolute Gasteiger partial charge is 1.00 e. The topological polar surface area (TPSA) is 0 Å². The fourth-order valence-electron chi connectivity index (χ4n) is 2.61. The summed E-state index contributed by atoms with van der Waals surface area (Å²) >= 11 is 0. The van der Waals surface area contributed by atoms with Gasteiger partial charge in [0, 0.05) is 7.26 Å². The van der Waals surface area contributed by atoms with E-state index < -0.39 is 7.26 Å². The number of hydrogen-bond donors (Lipinski definition) is 0. The van der Waals surface area contributed by atoms with Crippen molar-refractivity contribution in [3.63, 3.8) is 0 Å². The normalized spacial score (nSPS) is 11.2. The molecule has 0 radical (unpaired) electrons. The summed E-state index contributed by atoms with van der Waals surface area (Å²) in [5, 5.41) is 0. The van der Waals surface area contributed by atoms with Gasteiger partial charge in [0.15, 0.2) is 0 Å². The molecule has 0 spiro atoms. The molecular weight excluding hydrogens is 279 g/mol. The molecular formula is C14H32BrP. The van der Waals surface area contributed by atoms with E-state index in [0.717, 1.165) is 0 Å². The molecule has 0 heterocycles. The van der Waals surface area contributed by atoms with Gasteiger partial charge >= 0.3 is 0 Å². The molecule has 2 heteroatoms. The summed E-state index contributed by atoms with van der Waals surface area (Å²) in [5.41, 5.74) is 0. The third-order valence-electron chi connectivity index (χ3n) is 3.37. The van der Waals surface area contributed by atoms with Crippen LogP contribution in [0.5, 0.6) is 0 Å². The van der Waals surface area contributed by atoms with Crippen LogP contribution in [0.4, 0.5) is 0 Å². The Kier molecular flexibility index (Phi) is 14.9. The Balaban J connectivity index is 0. The van der Waals surface area contributed by atoms with Crippen LogP contribution in [0.1, 0.15) is 66.2 Å². The maximum absolute atomic E-state index is 2.38. The smallest absolute Gasteiger partial charge is 0.0594 e. The lowest BCUT2D eigenvalue weighted by atomic mass is 10.4. The predicted molar refractivity (Wildman–Crippen MR) is 76.8 cm³/mol. The summed E-state index contributed by atoms with van der Waals surface area (Å²) in [5.74, 6) is 0. The van der Waals surface area contributed by atoms with E-state index in [4.69, 9.17) is 0 Å². The second-order valence-electron chi connectivity index (χ2n) is 4.94. The van der Waals surface area contributed by atoms with Crippen molar-refractivity contribution >= 4 is 7.26 Å². The molecule has 0 aromatic carbocycles. The number of rotatable bonds is 10. The van der Waals surface area contributed by atoms with E-state index in [-0.39, 0.29) is 17.0 Å². The van der Waals surface area contributed by atoms with Crippen molar-refractivity contribution in [3.8, 4) is 0 Å². The van der Waals surface area contributed by atoms with Crippen molar-refractivity contribution < 1.29 is 17.0 Å². The molecule has 100 valence electrons. The second-order valence-corrected chi connectivity index (χ2v) is 9.42. The molecule has 0 N–H and O–H groups in total. The fraction of sp³-hybridized carbons (Fsp3) is 1.00. The highest BCUT2D eigenvalue weighted by molar-refractivity contribution is 7.75. The summed E-state index contributed by atoms with van der Waals surface area (Å²) in [6.07, 6.45) is 14.9. The first-order valence-corrected chi connectivity index (χ1v) is 9.62. The molecule has 0 aliphatic rings. The maximum Gasteiger partial charge on any atom is 0.0594 e. The van der Waals surface area contributed by atoms with Gasteiger partial charge in [-0.15, -0.1) is 0 Å². The Labute approximate surface area is 115 Å². The highest BCUT2D eigenvalue weighted by Gasteiger charge is 2.33. The van der Waals surface area contributed by atoms with Crippen LogP contribution in [0.15, 0.2) is 0 Å². The van der Waals surface area contributed by atoms with Gasteiger partial charge in [-0.1, -0.05) is 40.5 Å². The lowest BCUT2D eigenvalue weighted by molar-refractivity contribution is -0.00000360. The van der Waals surface area contributed by atoms with Gasteiger partial charge in [-0.3, -0.25) is 0 Å². The monoisotopic (exact) mass is 310 g/mol. The SMILES string of the molecule is CCCC[P+](CCC)(CCC)CCCC.[Br-]. The molecule has 0 unspecified atom stereocenters. The van der Waals surface area contributed by atoms with E-state index >= 15 is 0 Å². The molecule has 0 saturated heterocycles. The average Bonchev–Trinajstić information content (AvgIpc) is 2.24. The van der Waals surface area contributed by atoms with E-state index in [9.17, 15) is 0 Å². The molecule has 16 heavy (non-hydrogen) atoms. The minimum absolute atomic E-state index is 0. The van der Waals surface area contributed by atoms with Gasteiger partial charge in [0.25, 0.3) is 0 Å². The molecule has 0 aliphatic carbocycles. The molecule has 0 amide bonds. The van der Waals surface area contributed by atoms with Gasteiger partial charge in [-0.2, -0.15) is 0 Å². The van der Waals surface area contributed by atoms with Gasteiger partial charge in [0.1, 0.15) is 0 Å². The number of halogens is 1. The zero-order valence-corrected chi connectivity index (χ0v) is 14.4. The zero-order valence-electron chi connectivity index (χ0n) is 11.9. The van der Waals surface area contributed by atoms with E-state index in [2.05, 4.69) is 27.7 Å². The molecule has 0 aromatic rings. The number of hydrogen-bond acceptors (Lipinski definition) is 0. The summed E-state index contributed by atoms with van der Waals surface area (Å²) in [6, 6.07) is 0. The van der Waals surface area contributed by atoms with Crippen LogP contribution in [0.25, 0.3) is 0 Å². The predicted octanol–water partition coefficient (Wildman–Crippen LogP) is 2.43. The molecule has 0 saturated carbocycles. The van der Waals surface area contributed by atoms with Gasteiger partial charge in [0.05, 0.1) is 24.6 Å². The Hall–Kier alpha value is 0.910. The van der Waals surface area contributed by atoms with Crippen molar-refractivity contribution in [1.29, 1.82) is 0 Å². The summed E-state index contributed by atoms with van der Waals surface area (Å²) < 4.78 is 0. The molecule has 0 nitrogen and oxygen atoms in total. The van der Waals surface area contributed by atoms with Crippen LogP contribution in [0.3, 0.4) is 0 Å². The van der Waals surface area contributed by atoms with Gasteiger partial charge in [-0.25, -0.2) is 0 Å². The van der Waals surface area contributed by atoms with Crippen molar-refractivity contribution in [2.24, 2.45) is 0 Å². The molecule has 0 atom stereocenters. The van der Waals surface area contributed by atoms with E-state index in [1.54, 1.807) is 24.6 Å². The zero-order chi connectivity index (χ0) is 11.6. The van der Waals surface area contributed by atoms with Gasteiger partial charge in [0.2, 0.25) is 0 Å². The number of unbranched alkanes of at least 4 members (excludes halogenated alkanes) is 2. The van der Waals surface area contributed by atoms with E-state index in [0.29, 0.717) is 0 Å². The molecule has 0 aliphatic heterocycles. The molecule has 0 bridgehead atoms. The Morgan fingerprint density at radius 2 is 0.938 bits per heavy atom. The Bertz CT molecular complexity index is 121. The minimum atomic E-state index is -0.529. The van der Waals surface area contributed by atoms with Crippen molar-refractivity contribution in [2.45, 2.75) is 66.2 Å². The highest BCUT2D eigenvalue weighted by atomic mass is 79.9. The lowest BCUT2D eigenvalue weighted by Gasteiger charge is -2.27. The van der Waals surface area contributed by atoms with Crippen LogP contribution in [0, 0.1) is 0 Å². The molecule has 0 fully saturated rings. The first-order chi connectivity index (χ1) is 7.24. The van der Waals surface area contributed by atoms with Crippen LogP contribution in [-0.4, -0.2) is 24.6 Å². The van der Waals surface area contributed by atoms with Crippen molar-refractivity contribution in [2.75, 3.05) is 24.6 Å². The summed E-state index contributed by atoms with van der Waals surface area (Å²) in [6.45, 7) is 9.43. The van der Waals surface area contributed by atoms with Gasteiger partial charge in [-0.05, 0) is 25.7 Å². The van der Waals surface area contributed by atoms with Crippen LogP contribution in [-0.2, 0) is 0 Å². The van der Waals surface area contributed by atoms with Crippen LogP contribution < -0.4 is 17.0 Å². The first-order valence-electron chi connectivity index (χ1n) is 7.09. The second kappa shape index (κ2) is 12.4. The molecule has 0 rings (SSSR count). The summed E-state index contributed by atoms with van der Waals surface area (Å²) in [4.78, 5) is 0. The maximum atomic E-state index is 2.38. The third kappa shape index (κ3) is 8.07. The average molecular weight is 311 g/mol. The first kappa shape index (κ1) is 19.3. The standard InChI is InChI=1S/C14H32P.BrH/c1-5-9-13-15(11-7-3,12-8-4)14-10-6-2;/h5-14H2,1-4H3;1H/q+1;/p-1. The quantitative estimate of drug-likeness (QED) is 0.544. The fourth-order valence-corrected chi connectivity index (χ4v) is 7.82. The van der Waals surface area contributed by atoms with Crippen LogP contribution in [0.2, 0.25) is 0 Å². The third-order valence-corrected chi connectivity index (χ3v) is 8.69. The van der Waals surface area contributed by atoms with Gasteiger partial charge < -0.3 is 17.0 Å². The van der Waals surface area contributed by atoms with E-state index in [1.165, 1.54) is 38.5 Å². The Morgan fingerprint density at radius 1 is 0.562 bits per heavy atom. The minimum Gasteiger partial charge on any atom is -1.00 e. The van der Waals surface area contributed by atoms with Crippen molar-refractivity contribution in [1.82, 2.24) is 0 Å². The van der Waals surface area contributed by atoms with Crippen molar-refractivity contribution in [3.05, 3.63) is 0 Å². The van der Waals surface area contributed by atoms with Crippen LogP contribution >= 0.6 is 7.26 Å². The molecule has 0 aromatic heterocycles.